The van der Waals surface area contributed by atoms with Gasteiger partial charge < -0.3 is 23.7 Å². The number of nitrogens with zero attached hydrogens (tertiary/aromatic N) is 2. The number of rotatable bonds is 11. The number of hydrogen-bond acceptors (Lipinski definition) is 10. The molecule has 216 valence electrons. The Hall–Kier alpha value is -4.38. The normalized spacial score (nSPS) is 14.7. The molecule has 1 aliphatic heterocycles. The molecule has 0 spiro atoms. The van der Waals surface area contributed by atoms with Gasteiger partial charge in [0.2, 0.25) is 0 Å². The van der Waals surface area contributed by atoms with Crippen LogP contribution in [0.5, 0.6) is 17.2 Å². The van der Waals surface area contributed by atoms with Gasteiger partial charge in [0.15, 0.2) is 22.9 Å². The van der Waals surface area contributed by atoms with E-state index in [4.69, 9.17) is 23.7 Å². The fraction of sp³-hybridized carbons (Fsp3) is 0.333. The van der Waals surface area contributed by atoms with Crippen molar-refractivity contribution in [2.24, 2.45) is 4.99 Å². The molecule has 0 bridgehead atoms. The number of allylic oxidation sites excluding steroid dienone is 1. The largest absolute Gasteiger partial charge is 0.493 e. The molecule has 0 N–H and O–H groups in total. The first-order valence-corrected chi connectivity index (χ1v) is 14.0. The predicted molar refractivity (Wildman–Crippen MR) is 153 cm³/mol. The molecule has 1 atom stereocenters. The number of ether oxygens (including phenoxy) is 5. The van der Waals surface area contributed by atoms with Crippen molar-refractivity contribution in [2.75, 3.05) is 33.5 Å². The van der Waals surface area contributed by atoms with Crippen LogP contribution in [0.4, 0.5) is 0 Å². The van der Waals surface area contributed by atoms with Crippen LogP contribution in [0.15, 0.2) is 63.5 Å². The molecule has 0 saturated carbocycles. The topological polar surface area (TPSA) is 115 Å². The van der Waals surface area contributed by atoms with Crippen LogP contribution < -0.4 is 29.1 Å². The minimum Gasteiger partial charge on any atom is -0.493 e. The second-order valence-electron chi connectivity index (χ2n) is 8.81. The molecule has 3 aromatic rings. The van der Waals surface area contributed by atoms with Gasteiger partial charge in [-0.15, -0.1) is 0 Å². The highest BCUT2D eigenvalue weighted by Gasteiger charge is 2.34. The molecule has 0 fully saturated rings. The number of esters is 2. The van der Waals surface area contributed by atoms with Gasteiger partial charge in [-0.3, -0.25) is 9.36 Å². The molecular weight excluding hydrogens is 548 g/mol. The monoisotopic (exact) mass is 580 g/mol. The summed E-state index contributed by atoms with van der Waals surface area (Å²) in [6.07, 6.45) is 1.75. The van der Waals surface area contributed by atoms with Crippen LogP contribution >= 0.6 is 11.3 Å². The van der Waals surface area contributed by atoms with E-state index < -0.39 is 18.0 Å². The van der Waals surface area contributed by atoms with Crippen molar-refractivity contribution in [3.05, 3.63) is 84.5 Å². The van der Waals surface area contributed by atoms with Gasteiger partial charge in [0, 0.05) is 0 Å². The van der Waals surface area contributed by atoms with Crippen molar-refractivity contribution < 1.29 is 33.3 Å². The van der Waals surface area contributed by atoms with E-state index in [0.717, 1.165) is 5.56 Å². The minimum absolute atomic E-state index is 0.180. The molecule has 0 aliphatic carbocycles. The highest BCUT2D eigenvalue weighted by atomic mass is 32.1. The lowest BCUT2D eigenvalue weighted by molar-refractivity contribution is -0.145. The van der Waals surface area contributed by atoms with Gasteiger partial charge in [-0.2, -0.15) is 0 Å². The Morgan fingerprint density at radius 2 is 1.71 bits per heavy atom. The maximum atomic E-state index is 13.8. The van der Waals surface area contributed by atoms with Crippen LogP contribution in [-0.2, 0) is 19.1 Å². The second-order valence-corrected chi connectivity index (χ2v) is 9.82. The summed E-state index contributed by atoms with van der Waals surface area (Å²) in [6, 6.07) is 11.5. The fourth-order valence-corrected chi connectivity index (χ4v) is 5.44. The average molecular weight is 581 g/mol. The molecule has 2 aromatic carbocycles. The van der Waals surface area contributed by atoms with Crippen molar-refractivity contribution in [1.29, 1.82) is 0 Å². The number of benzene rings is 2. The van der Waals surface area contributed by atoms with Crippen LogP contribution in [-0.4, -0.2) is 50.0 Å². The van der Waals surface area contributed by atoms with E-state index in [1.54, 1.807) is 76.4 Å². The number of methoxy groups -OCH3 is 1. The van der Waals surface area contributed by atoms with Crippen LogP contribution in [0.25, 0.3) is 6.08 Å². The summed E-state index contributed by atoms with van der Waals surface area (Å²) in [5.74, 6) is 0.542. The zero-order valence-electron chi connectivity index (χ0n) is 23.6. The third kappa shape index (κ3) is 6.51. The Balaban J connectivity index is 1.78. The van der Waals surface area contributed by atoms with E-state index in [1.807, 2.05) is 6.92 Å². The number of hydrogen-bond donors (Lipinski definition) is 0. The van der Waals surface area contributed by atoms with Crippen molar-refractivity contribution >= 4 is 29.4 Å². The lowest BCUT2D eigenvalue weighted by Gasteiger charge is -2.25. The Kier molecular flexibility index (Phi) is 9.61. The third-order valence-electron chi connectivity index (χ3n) is 6.16. The van der Waals surface area contributed by atoms with E-state index in [9.17, 15) is 14.4 Å². The SMILES string of the molecule is CCOC(=O)COc1ccc(/C=c2\sc3n(c2=O)[C@@H](c2ccc(OC)c(OCC)c2)C(C(=O)OCC)=C(C)N=3)cc1. The summed E-state index contributed by atoms with van der Waals surface area (Å²) in [4.78, 5) is 43.6. The van der Waals surface area contributed by atoms with Gasteiger partial charge in [0.05, 0.1) is 48.8 Å². The maximum absolute atomic E-state index is 13.8. The first-order valence-electron chi connectivity index (χ1n) is 13.2. The maximum Gasteiger partial charge on any atom is 0.344 e. The Morgan fingerprint density at radius 1 is 0.976 bits per heavy atom. The first-order chi connectivity index (χ1) is 19.8. The van der Waals surface area contributed by atoms with E-state index in [0.29, 0.717) is 44.4 Å². The summed E-state index contributed by atoms with van der Waals surface area (Å²) in [5.41, 5.74) is 1.85. The van der Waals surface area contributed by atoms with Gasteiger partial charge in [-0.1, -0.05) is 29.5 Å². The van der Waals surface area contributed by atoms with Crippen LogP contribution in [0.2, 0.25) is 0 Å². The van der Waals surface area contributed by atoms with Gasteiger partial charge in [-0.05, 0) is 69.2 Å². The number of carbonyl (C=O) groups is 2. The van der Waals surface area contributed by atoms with Crippen molar-refractivity contribution in [1.82, 2.24) is 4.57 Å². The molecule has 0 saturated heterocycles. The summed E-state index contributed by atoms with van der Waals surface area (Å²) in [7, 11) is 1.55. The van der Waals surface area contributed by atoms with E-state index in [2.05, 4.69) is 4.99 Å². The molecule has 0 unspecified atom stereocenters. The molecule has 0 amide bonds. The lowest BCUT2D eigenvalue weighted by Crippen LogP contribution is -2.40. The van der Waals surface area contributed by atoms with Crippen LogP contribution in [0.3, 0.4) is 0 Å². The van der Waals surface area contributed by atoms with Crippen molar-refractivity contribution in [2.45, 2.75) is 33.7 Å². The highest BCUT2D eigenvalue weighted by Crippen LogP contribution is 2.36. The Bertz CT molecular complexity index is 1640. The number of aromatic nitrogens is 1. The molecule has 11 heteroatoms. The third-order valence-corrected chi connectivity index (χ3v) is 7.14. The smallest absolute Gasteiger partial charge is 0.344 e. The summed E-state index contributed by atoms with van der Waals surface area (Å²) in [5, 5.41) is 0. The molecule has 2 heterocycles. The summed E-state index contributed by atoms with van der Waals surface area (Å²) >= 11 is 1.23. The van der Waals surface area contributed by atoms with Crippen molar-refractivity contribution in [3.63, 3.8) is 0 Å². The standard InChI is InChI=1S/C30H32N2O8S/c1-6-37-23-16-20(11-14-22(23)36-5)27-26(29(35)39-8-3)18(4)31-30-32(27)28(34)24(41-30)15-19-9-12-21(13-10-19)40-17-25(33)38-7-2/h9-16,27H,6-8,17H2,1-5H3/b24-15-/t27-/m0/s1. The lowest BCUT2D eigenvalue weighted by atomic mass is 9.95. The zero-order chi connectivity index (χ0) is 29.5. The Morgan fingerprint density at radius 3 is 2.37 bits per heavy atom. The summed E-state index contributed by atoms with van der Waals surface area (Å²) in [6.45, 7) is 7.74. The zero-order valence-corrected chi connectivity index (χ0v) is 24.4. The van der Waals surface area contributed by atoms with E-state index in [1.165, 1.54) is 15.9 Å². The average Bonchev–Trinajstić information content (AvgIpc) is 3.26. The Labute approximate surface area is 241 Å². The number of thiazole rings is 1. The van der Waals surface area contributed by atoms with Gasteiger partial charge in [0.1, 0.15) is 5.75 Å². The van der Waals surface area contributed by atoms with Crippen molar-refractivity contribution in [3.8, 4) is 17.2 Å². The van der Waals surface area contributed by atoms with E-state index >= 15 is 0 Å². The van der Waals surface area contributed by atoms with E-state index in [-0.39, 0.29) is 31.0 Å². The molecule has 1 aromatic heterocycles. The molecule has 10 nitrogen and oxygen atoms in total. The minimum atomic E-state index is -0.781. The molecule has 0 radical (unpaired) electrons. The number of fused-ring (bicyclic) bond motifs is 1. The molecule has 4 rings (SSSR count). The molecule has 1 aliphatic rings. The summed E-state index contributed by atoms with van der Waals surface area (Å²) < 4.78 is 28.9. The second kappa shape index (κ2) is 13.3. The highest BCUT2D eigenvalue weighted by molar-refractivity contribution is 7.07. The van der Waals surface area contributed by atoms with Crippen LogP contribution in [0.1, 0.15) is 44.9 Å². The van der Waals surface area contributed by atoms with Gasteiger partial charge in [-0.25, -0.2) is 14.6 Å². The van der Waals surface area contributed by atoms with Crippen LogP contribution in [0, 0.1) is 0 Å². The molecule has 41 heavy (non-hydrogen) atoms. The fourth-order valence-electron chi connectivity index (χ4n) is 4.40. The predicted octanol–water partition coefficient (Wildman–Crippen LogP) is 3.15. The quantitative estimate of drug-likeness (QED) is 0.318. The molecular formula is C30H32N2O8S. The first kappa shape index (κ1) is 29.6. The van der Waals surface area contributed by atoms with Gasteiger partial charge in [0.25, 0.3) is 5.56 Å². The van der Waals surface area contributed by atoms with Gasteiger partial charge >= 0.3 is 11.9 Å². The number of carbonyl (C=O) groups excluding carboxylic acids is 2.